The molecule has 2 aromatic heterocycles. The molecule has 37 heavy (non-hydrogen) atoms. The Morgan fingerprint density at radius 1 is 1.22 bits per heavy atom. The zero-order valence-corrected chi connectivity index (χ0v) is 21.2. The van der Waals surface area contributed by atoms with Crippen LogP contribution in [0.1, 0.15) is 30.9 Å². The molecule has 1 aromatic carbocycles. The molecule has 6 rings (SSSR count). The van der Waals surface area contributed by atoms with Crippen molar-refractivity contribution in [3.8, 4) is 0 Å². The van der Waals surface area contributed by atoms with Gasteiger partial charge in [0.2, 0.25) is 5.95 Å². The number of carbonyl (C=O) groups excluding carboxylic acids is 1. The molecule has 3 aliphatic heterocycles. The molecule has 5 heterocycles. The van der Waals surface area contributed by atoms with Gasteiger partial charge >= 0.3 is 6.09 Å². The minimum atomic E-state index is -0.264. The number of hydrogen-bond donors (Lipinski definition) is 2. The van der Waals surface area contributed by atoms with E-state index in [1.807, 2.05) is 19.2 Å². The number of ether oxygens (including phenoxy) is 1. The normalized spacial score (nSPS) is 21.2. The lowest BCUT2D eigenvalue weighted by atomic mass is 10.0. The summed E-state index contributed by atoms with van der Waals surface area (Å²) in [5.74, 6) is 1.28. The third-order valence-electron chi connectivity index (χ3n) is 7.66. The van der Waals surface area contributed by atoms with Crippen LogP contribution in [0.3, 0.4) is 0 Å². The summed E-state index contributed by atoms with van der Waals surface area (Å²) < 4.78 is 6.92. The quantitative estimate of drug-likeness (QED) is 0.530. The second-order valence-corrected chi connectivity index (χ2v) is 9.91. The number of likely N-dealkylation sites (tertiary alicyclic amines) is 1. The average molecular weight is 500 g/mol. The Morgan fingerprint density at radius 2 is 2.08 bits per heavy atom. The Kier molecular flexibility index (Phi) is 6.30. The van der Waals surface area contributed by atoms with Gasteiger partial charge in [0, 0.05) is 55.4 Å². The lowest BCUT2D eigenvalue weighted by molar-refractivity contribution is 0.111. The highest BCUT2D eigenvalue weighted by atomic mass is 16.6. The highest BCUT2D eigenvalue weighted by molar-refractivity contribution is 5.79. The van der Waals surface area contributed by atoms with Crippen LogP contribution in [0.5, 0.6) is 0 Å². The molecule has 3 aliphatic rings. The number of carbonyl (C=O) groups is 1. The molecule has 2 unspecified atom stereocenters. The fourth-order valence-electron chi connectivity index (χ4n) is 5.63. The number of hydrogen-bond acceptors (Lipinski definition) is 7. The van der Waals surface area contributed by atoms with Crippen molar-refractivity contribution in [2.45, 2.75) is 25.8 Å². The molecule has 0 radical (unpaired) electrons. The van der Waals surface area contributed by atoms with Gasteiger partial charge < -0.3 is 25.2 Å². The van der Waals surface area contributed by atoms with Gasteiger partial charge in [-0.25, -0.2) is 9.31 Å². The molecule has 0 saturated carbocycles. The Hall–Kier alpha value is -3.85. The van der Waals surface area contributed by atoms with Gasteiger partial charge in [0.1, 0.15) is 0 Å². The van der Waals surface area contributed by atoms with Crippen molar-refractivity contribution in [2.24, 2.45) is 5.92 Å². The van der Waals surface area contributed by atoms with E-state index in [2.05, 4.69) is 63.6 Å². The number of benzene rings is 1. The average Bonchev–Trinajstić information content (AvgIpc) is 3.64. The van der Waals surface area contributed by atoms with Crippen LogP contribution in [0.4, 0.5) is 16.4 Å². The SMILES string of the molecule is C=C(c1ccc(Nc2nc3c(C4=CCN(C(=O)OCC)CC4)cccn3n2)cc1)N1CC2CCNC2C1. The first-order valence-electron chi connectivity index (χ1n) is 13.1. The van der Waals surface area contributed by atoms with Gasteiger partial charge in [-0.2, -0.15) is 4.98 Å². The van der Waals surface area contributed by atoms with E-state index < -0.39 is 0 Å². The summed E-state index contributed by atoms with van der Waals surface area (Å²) in [5, 5.41) is 11.6. The highest BCUT2D eigenvalue weighted by Gasteiger charge is 2.36. The van der Waals surface area contributed by atoms with Crippen LogP contribution in [-0.2, 0) is 4.74 Å². The number of nitrogens with zero attached hydrogens (tertiary/aromatic N) is 5. The van der Waals surface area contributed by atoms with Crippen LogP contribution in [0.25, 0.3) is 16.9 Å². The van der Waals surface area contributed by atoms with Crippen LogP contribution < -0.4 is 10.6 Å². The van der Waals surface area contributed by atoms with Gasteiger partial charge in [0.15, 0.2) is 5.65 Å². The minimum absolute atomic E-state index is 0.264. The maximum atomic E-state index is 12.0. The number of aromatic nitrogens is 3. The Balaban J connectivity index is 1.14. The van der Waals surface area contributed by atoms with E-state index in [4.69, 9.17) is 9.72 Å². The molecule has 9 heteroatoms. The molecule has 0 bridgehead atoms. The molecule has 1 amide bonds. The number of nitrogens with one attached hydrogen (secondary N) is 2. The first-order valence-corrected chi connectivity index (χ1v) is 13.1. The van der Waals surface area contributed by atoms with Crippen molar-refractivity contribution < 1.29 is 9.53 Å². The zero-order valence-electron chi connectivity index (χ0n) is 21.2. The van der Waals surface area contributed by atoms with Gasteiger partial charge in [0.05, 0.1) is 6.61 Å². The lowest BCUT2D eigenvalue weighted by Gasteiger charge is -2.25. The molecule has 9 nitrogen and oxygen atoms in total. The summed E-state index contributed by atoms with van der Waals surface area (Å²) in [6, 6.07) is 12.9. The zero-order chi connectivity index (χ0) is 25.4. The second kappa shape index (κ2) is 9.89. The standard InChI is InChI=1S/C28H33N7O2/c1-3-37-28(36)33-15-11-21(12-16-33)24-5-4-14-35-26(24)31-27(32-35)30-23-8-6-20(7-9-23)19(2)34-17-22-10-13-29-25(22)18-34/h4-9,11,14,22,25,29H,2-3,10,12-13,15-18H2,1H3,(H,30,32). The van der Waals surface area contributed by atoms with Gasteiger partial charge in [-0.1, -0.05) is 24.8 Å². The number of anilines is 2. The Bertz CT molecular complexity index is 1330. The van der Waals surface area contributed by atoms with Gasteiger partial charge in [-0.3, -0.25) is 0 Å². The predicted molar refractivity (Wildman–Crippen MR) is 144 cm³/mol. The van der Waals surface area contributed by atoms with Crippen molar-refractivity contribution >= 4 is 34.6 Å². The Morgan fingerprint density at radius 3 is 2.84 bits per heavy atom. The summed E-state index contributed by atoms with van der Waals surface area (Å²) >= 11 is 0. The largest absolute Gasteiger partial charge is 0.450 e. The summed E-state index contributed by atoms with van der Waals surface area (Å²) in [4.78, 5) is 20.9. The summed E-state index contributed by atoms with van der Waals surface area (Å²) in [6.07, 6.45) is 5.72. The molecule has 2 saturated heterocycles. The minimum Gasteiger partial charge on any atom is -0.450 e. The predicted octanol–water partition coefficient (Wildman–Crippen LogP) is 3.98. The third kappa shape index (κ3) is 4.67. The number of fused-ring (bicyclic) bond motifs is 2. The van der Waals surface area contributed by atoms with Crippen molar-refractivity contribution in [3.05, 3.63) is 66.4 Å². The fourth-order valence-corrected chi connectivity index (χ4v) is 5.63. The maximum Gasteiger partial charge on any atom is 0.410 e. The molecular formula is C28H33N7O2. The van der Waals surface area contributed by atoms with Crippen molar-refractivity contribution in [3.63, 3.8) is 0 Å². The molecular weight excluding hydrogens is 466 g/mol. The van der Waals surface area contributed by atoms with E-state index in [1.54, 1.807) is 9.42 Å². The molecule has 2 fully saturated rings. The highest BCUT2D eigenvalue weighted by Crippen LogP contribution is 2.31. The van der Waals surface area contributed by atoms with Gasteiger partial charge in [-0.05, 0) is 67.6 Å². The molecule has 192 valence electrons. The summed E-state index contributed by atoms with van der Waals surface area (Å²) in [6.45, 7) is 11.0. The van der Waals surface area contributed by atoms with Crippen LogP contribution >= 0.6 is 0 Å². The first-order chi connectivity index (χ1) is 18.1. The van der Waals surface area contributed by atoms with Crippen molar-refractivity contribution in [1.29, 1.82) is 0 Å². The van der Waals surface area contributed by atoms with E-state index >= 15 is 0 Å². The van der Waals surface area contributed by atoms with Crippen molar-refractivity contribution in [1.82, 2.24) is 29.7 Å². The van der Waals surface area contributed by atoms with Gasteiger partial charge in [0.25, 0.3) is 0 Å². The lowest BCUT2D eigenvalue weighted by Crippen LogP contribution is -2.35. The smallest absolute Gasteiger partial charge is 0.410 e. The molecule has 2 N–H and O–H groups in total. The van der Waals surface area contributed by atoms with E-state index in [1.165, 1.54) is 6.42 Å². The van der Waals surface area contributed by atoms with Crippen molar-refractivity contribution in [2.75, 3.05) is 44.6 Å². The van der Waals surface area contributed by atoms with E-state index in [0.717, 1.165) is 65.7 Å². The number of amides is 1. The van der Waals surface area contributed by atoms with Crippen LogP contribution in [0.2, 0.25) is 0 Å². The topological polar surface area (TPSA) is 87.0 Å². The fraction of sp³-hybridized carbons (Fsp3) is 0.393. The van der Waals surface area contributed by atoms with Crippen LogP contribution in [0, 0.1) is 5.92 Å². The van der Waals surface area contributed by atoms with Gasteiger partial charge in [-0.15, -0.1) is 5.10 Å². The molecule has 0 spiro atoms. The monoisotopic (exact) mass is 499 g/mol. The maximum absolute atomic E-state index is 12.0. The summed E-state index contributed by atoms with van der Waals surface area (Å²) in [5.41, 5.74) is 6.13. The van der Waals surface area contributed by atoms with E-state index in [0.29, 0.717) is 31.7 Å². The second-order valence-electron chi connectivity index (χ2n) is 9.91. The number of rotatable bonds is 6. The Labute approximate surface area is 216 Å². The van der Waals surface area contributed by atoms with E-state index in [-0.39, 0.29) is 6.09 Å². The van der Waals surface area contributed by atoms with E-state index in [9.17, 15) is 4.79 Å². The molecule has 2 atom stereocenters. The first kappa shape index (κ1) is 23.5. The third-order valence-corrected chi connectivity index (χ3v) is 7.66. The molecule has 0 aliphatic carbocycles. The molecule has 3 aromatic rings. The van der Waals surface area contributed by atoms with Crippen LogP contribution in [-0.4, -0.2) is 75.9 Å². The summed E-state index contributed by atoms with van der Waals surface area (Å²) in [7, 11) is 0. The van der Waals surface area contributed by atoms with Crippen LogP contribution in [0.15, 0.2) is 55.3 Å². The number of pyridine rings is 1.